The van der Waals surface area contributed by atoms with Gasteiger partial charge in [0.2, 0.25) is 0 Å². The molecular weight excluding hydrogens is 158 g/mol. The van der Waals surface area contributed by atoms with Crippen molar-refractivity contribution in [2.45, 2.75) is 27.2 Å². The summed E-state index contributed by atoms with van der Waals surface area (Å²) in [6.07, 6.45) is 8.87. The van der Waals surface area contributed by atoms with E-state index in [1.54, 1.807) is 6.92 Å². The van der Waals surface area contributed by atoms with E-state index >= 15 is 0 Å². The Labute approximate surface area is 81.4 Å². The van der Waals surface area contributed by atoms with E-state index in [1.165, 1.54) is 5.57 Å². The minimum absolute atomic E-state index is 0.502. The normalized spacial score (nSPS) is 14.5. The molecule has 1 heteroatoms. The average Bonchev–Trinajstić information content (AvgIpc) is 2.11. The highest BCUT2D eigenvalue weighted by atomic mass is 14.4. The topological polar surface area (TPSA) is 23.9 Å². The van der Waals surface area contributed by atoms with Gasteiger partial charge in [-0.1, -0.05) is 30.7 Å². The van der Waals surface area contributed by atoms with Crippen molar-refractivity contribution >= 4 is 5.71 Å². The Morgan fingerprint density at radius 2 is 2.08 bits per heavy atom. The number of nitrogens with one attached hydrogen (secondary N) is 1. The number of allylic oxidation sites excluding steroid dienone is 5. The lowest BCUT2D eigenvalue weighted by Crippen LogP contribution is -1.91. The fourth-order valence-electron chi connectivity index (χ4n) is 0.969. The van der Waals surface area contributed by atoms with Crippen molar-refractivity contribution in [2.75, 3.05) is 0 Å². The van der Waals surface area contributed by atoms with Gasteiger partial charge in [0.05, 0.1) is 0 Å². The summed E-state index contributed by atoms with van der Waals surface area (Å²) in [4.78, 5) is 0. The van der Waals surface area contributed by atoms with E-state index in [9.17, 15) is 0 Å². The van der Waals surface area contributed by atoms with Crippen molar-refractivity contribution in [1.29, 1.82) is 5.41 Å². The lowest BCUT2D eigenvalue weighted by Gasteiger charge is -2.05. The largest absolute Gasteiger partial charge is 0.306 e. The highest BCUT2D eigenvalue weighted by molar-refractivity contribution is 5.90. The van der Waals surface area contributed by atoms with Gasteiger partial charge in [0.15, 0.2) is 0 Å². The maximum Gasteiger partial charge on any atom is 0.0283 e. The smallest absolute Gasteiger partial charge is 0.0283 e. The van der Waals surface area contributed by atoms with Crippen LogP contribution >= 0.6 is 0 Å². The molecule has 0 aromatic carbocycles. The molecule has 72 valence electrons. The van der Waals surface area contributed by atoms with E-state index in [2.05, 4.69) is 19.6 Å². The second kappa shape index (κ2) is 6.41. The Kier molecular flexibility index (Phi) is 5.86. The summed E-state index contributed by atoms with van der Waals surface area (Å²) in [7, 11) is 0. The Balaban J connectivity index is 4.21. The molecule has 0 saturated heterocycles. The third-order valence-corrected chi connectivity index (χ3v) is 1.88. The number of hydrogen-bond donors (Lipinski definition) is 1. The van der Waals surface area contributed by atoms with Gasteiger partial charge in [0, 0.05) is 5.71 Å². The Morgan fingerprint density at radius 1 is 1.46 bits per heavy atom. The van der Waals surface area contributed by atoms with Gasteiger partial charge in [-0.3, -0.25) is 0 Å². The molecule has 13 heavy (non-hydrogen) atoms. The molecule has 0 amide bonds. The predicted octanol–water partition coefficient (Wildman–Crippen LogP) is 3.74. The molecule has 0 aliphatic heterocycles. The SMILES string of the molecule is C=CC(C)CC(/C=C\C(C)=N)=C/C. The summed E-state index contributed by atoms with van der Waals surface area (Å²) in [5.41, 5.74) is 1.85. The van der Waals surface area contributed by atoms with Crippen molar-refractivity contribution in [2.24, 2.45) is 5.92 Å². The first-order chi connectivity index (χ1) is 6.10. The fraction of sp³-hybridized carbons (Fsp3) is 0.417. The minimum Gasteiger partial charge on any atom is -0.306 e. The zero-order chi connectivity index (χ0) is 10.3. The molecule has 0 spiro atoms. The molecule has 1 N–H and O–H groups in total. The van der Waals surface area contributed by atoms with Crippen LogP contribution in [0.4, 0.5) is 0 Å². The standard InChI is InChI=1S/C12H19N/c1-5-10(3)9-12(6-2)8-7-11(4)13/h5-8,10,13H,1,9H2,2-4H3/b8-7-,12-6+,13-11?. The van der Waals surface area contributed by atoms with Crippen molar-refractivity contribution in [3.8, 4) is 0 Å². The molecular formula is C12H19N. The van der Waals surface area contributed by atoms with Gasteiger partial charge >= 0.3 is 0 Å². The van der Waals surface area contributed by atoms with Crippen molar-refractivity contribution in [1.82, 2.24) is 0 Å². The summed E-state index contributed by atoms with van der Waals surface area (Å²) < 4.78 is 0. The molecule has 0 bridgehead atoms. The lowest BCUT2D eigenvalue weighted by atomic mass is 10.0. The molecule has 0 saturated carbocycles. The average molecular weight is 177 g/mol. The molecule has 1 atom stereocenters. The van der Waals surface area contributed by atoms with Crippen LogP contribution in [0.25, 0.3) is 0 Å². The molecule has 0 heterocycles. The van der Waals surface area contributed by atoms with Crippen LogP contribution in [0.1, 0.15) is 27.2 Å². The highest BCUT2D eigenvalue weighted by Crippen LogP contribution is 2.13. The van der Waals surface area contributed by atoms with Crippen LogP contribution in [-0.4, -0.2) is 5.71 Å². The number of rotatable bonds is 5. The first kappa shape index (κ1) is 11.9. The molecule has 0 radical (unpaired) electrons. The molecule has 0 rings (SSSR count). The van der Waals surface area contributed by atoms with Gasteiger partial charge in [-0.15, -0.1) is 6.58 Å². The maximum atomic E-state index is 7.26. The van der Waals surface area contributed by atoms with Crippen molar-refractivity contribution < 1.29 is 0 Å². The molecule has 0 aromatic heterocycles. The maximum absolute atomic E-state index is 7.26. The van der Waals surface area contributed by atoms with Gasteiger partial charge in [-0.05, 0) is 32.3 Å². The summed E-state index contributed by atoms with van der Waals surface area (Å²) in [6, 6.07) is 0. The summed E-state index contributed by atoms with van der Waals surface area (Å²) in [5.74, 6) is 0.502. The molecule has 1 unspecified atom stereocenters. The third-order valence-electron chi connectivity index (χ3n) is 1.88. The highest BCUT2D eigenvalue weighted by Gasteiger charge is 1.97. The zero-order valence-corrected chi connectivity index (χ0v) is 8.80. The minimum atomic E-state index is 0.502. The van der Waals surface area contributed by atoms with E-state index in [1.807, 2.05) is 25.2 Å². The molecule has 0 aliphatic rings. The van der Waals surface area contributed by atoms with E-state index in [-0.39, 0.29) is 0 Å². The summed E-state index contributed by atoms with van der Waals surface area (Å²) in [5, 5.41) is 7.26. The van der Waals surface area contributed by atoms with E-state index in [0.29, 0.717) is 11.6 Å². The van der Waals surface area contributed by atoms with Crippen molar-refractivity contribution in [3.63, 3.8) is 0 Å². The van der Waals surface area contributed by atoms with Crippen LogP contribution < -0.4 is 0 Å². The molecule has 0 aromatic rings. The summed E-state index contributed by atoms with van der Waals surface area (Å²) >= 11 is 0. The quantitative estimate of drug-likeness (QED) is 0.376. The van der Waals surface area contributed by atoms with Crippen LogP contribution in [0.5, 0.6) is 0 Å². The molecule has 1 nitrogen and oxygen atoms in total. The Morgan fingerprint density at radius 3 is 2.46 bits per heavy atom. The van der Waals surface area contributed by atoms with Gasteiger partial charge in [-0.2, -0.15) is 0 Å². The van der Waals surface area contributed by atoms with Crippen LogP contribution in [0.15, 0.2) is 36.5 Å². The Hall–Kier alpha value is -1.11. The van der Waals surface area contributed by atoms with E-state index in [4.69, 9.17) is 5.41 Å². The van der Waals surface area contributed by atoms with Gasteiger partial charge < -0.3 is 5.41 Å². The van der Waals surface area contributed by atoms with E-state index < -0.39 is 0 Å². The van der Waals surface area contributed by atoms with Crippen LogP contribution in [-0.2, 0) is 0 Å². The van der Waals surface area contributed by atoms with Gasteiger partial charge in [0.25, 0.3) is 0 Å². The molecule has 0 aliphatic carbocycles. The van der Waals surface area contributed by atoms with Gasteiger partial charge in [0.1, 0.15) is 0 Å². The fourth-order valence-corrected chi connectivity index (χ4v) is 0.969. The van der Waals surface area contributed by atoms with Crippen LogP contribution in [0.3, 0.4) is 0 Å². The van der Waals surface area contributed by atoms with Crippen molar-refractivity contribution in [3.05, 3.63) is 36.5 Å². The van der Waals surface area contributed by atoms with Gasteiger partial charge in [-0.25, -0.2) is 0 Å². The second-order valence-electron chi connectivity index (χ2n) is 3.30. The lowest BCUT2D eigenvalue weighted by molar-refractivity contribution is 0.728. The number of hydrogen-bond acceptors (Lipinski definition) is 1. The first-order valence-corrected chi connectivity index (χ1v) is 4.61. The third kappa shape index (κ3) is 6.09. The van der Waals surface area contributed by atoms with Crippen LogP contribution in [0.2, 0.25) is 0 Å². The first-order valence-electron chi connectivity index (χ1n) is 4.61. The predicted molar refractivity (Wildman–Crippen MR) is 60.3 cm³/mol. The molecule has 0 fully saturated rings. The second-order valence-corrected chi connectivity index (χ2v) is 3.30. The Bertz CT molecular complexity index is 234. The summed E-state index contributed by atoms with van der Waals surface area (Å²) in [6.45, 7) is 9.69. The zero-order valence-electron chi connectivity index (χ0n) is 8.80. The monoisotopic (exact) mass is 177 g/mol. The van der Waals surface area contributed by atoms with Crippen LogP contribution in [0, 0.1) is 11.3 Å². The van der Waals surface area contributed by atoms with E-state index in [0.717, 1.165) is 6.42 Å².